The highest BCUT2D eigenvalue weighted by Crippen LogP contribution is 2.46. The minimum atomic E-state index is -3.38. The maximum absolute atomic E-state index is 14.8. The van der Waals surface area contributed by atoms with Gasteiger partial charge in [0, 0.05) is 38.9 Å². The SMILES string of the molecule is CO[C@H]1/C=C/C[C@H](C)CS(=O)(Nc2ncnc3nn(C)cc23)=NC(=O)c2ccc3c(n2)N(C[C@@H]2CC[C@H]21)C[C@@]1(CCCc2cc(C)ccc21)CO3. The monoisotopic (exact) mass is 710 g/mol. The largest absolute Gasteiger partial charge is 0.489 e. The topological polar surface area (TPSA) is 137 Å². The van der Waals surface area contributed by atoms with Crippen molar-refractivity contribution >= 4 is 38.5 Å². The van der Waals surface area contributed by atoms with Crippen LogP contribution >= 0.6 is 0 Å². The molecular weight excluding hydrogens is 665 g/mol. The number of hydrogen-bond donors (Lipinski definition) is 1. The van der Waals surface area contributed by atoms with Crippen molar-refractivity contribution < 1.29 is 18.5 Å². The van der Waals surface area contributed by atoms with Gasteiger partial charge < -0.3 is 14.4 Å². The van der Waals surface area contributed by atoms with E-state index in [4.69, 9.17) is 14.5 Å². The number of ether oxygens (including phenoxy) is 2. The fourth-order valence-electron chi connectivity index (χ4n) is 8.56. The number of methoxy groups -OCH3 is 1. The van der Waals surface area contributed by atoms with Crippen LogP contribution in [0.3, 0.4) is 0 Å². The number of carbonyl (C=O) groups excluding carboxylic acids is 1. The van der Waals surface area contributed by atoms with Crippen molar-refractivity contribution in [3.05, 3.63) is 77.4 Å². The Bertz CT molecular complexity index is 2140. The summed E-state index contributed by atoms with van der Waals surface area (Å²) in [6, 6.07) is 10.3. The molecule has 1 spiro atoms. The van der Waals surface area contributed by atoms with Gasteiger partial charge in [-0.1, -0.05) is 42.8 Å². The number of aryl methyl sites for hydroxylation is 3. The molecule has 3 aromatic heterocycles. The second-order valence-corrected chi connectivity index (χ2v) is 17.0. The van der Waals surface area contributed by atoms with Crippen LogP contribution in [0.4, 0.5) is 11.6 Å². The van der Waals surface area contributed by atoms with Crippen LogP contribution in [-0.2, 0) is 33.5 Å². The molecule has 4 aromatic rings. The molecular formula is C38H46N8O4S. The highest BCUT2D eigenvalue weighted by atomic mass is 32.2. The Morgan fingerprint density at radius 1 is 1.16 bits per heavy atom. The predicted molar refractivity (Wildman–Crippen MR) is 197 cm³/mol. The summed E-state index contributed by atoms with van der Waals surface area (Å²) in [7, 11) is 0.188. The van der Waals surface area contributed by atoms with Gasteiger partial charge >= 0.3 is 5.91 Å². The third-order valence-corrected chi connectivity index (χ3v) is 13.2. The highest BCUT2D eigenvalue weighted by molar-refractivity contribution is 7.95. The van der Waals surface area contributed by atoms with Crippen LogP contribution in [0.2, 0.25) is 0 Å². The maximum Gasteiger partial charge on any atom is 0.305 e. The number of allylic oxidation sites excluding steroid dienone is 1. The minimum absolute atomic E-state index is 0.0354. The minimum Gasteiger partial charge on any atom is -0.489 e. The van der Waals surface area contributed by atoms with E-state index in [-0.39, 0.29) is 28.9 Å². The van der Waals surface area contributed by atoms with Gasteiger partial charge in [-0.25, -0.2) is 19.2 Å². The Balaban J connectivity index is 1.22. The van der Waals surface area contributed by atoms with E-state index in [9.17, 15) is 9.00 Å². The molecule has 2 bridgehead atoms. The zero-order valence-electron chi connectivity index (χ0n) is 29.7. The molecule has 12 nitrogen and oxygen atoms in total. The Morgan fingerprint density at radius 2 is 2.04 bits per heavy atom. The van der Waals surface area contributed by atoms with Gasteiger partial charge in [-0.2, -0.15) is 5.10 Å². The molecule has 8 rings (SSSR count). The molecule has 1 aromatic carbocycles. The summed E-state index contributed by atoms with van der Waals surface area (Å²) >= 11 is 0. The number of rotatable bonds is 3. The van der Waals surface area contributed by atoms with Gasteiger partial charge in [0.1, 0.15) is 21.9 Å². The lowest BCUT2D eigenvalue weighted by atomic mass is 9.68. The number of fused-ring (bicyclic) bond motifs is 5. The second kappa shape index (κ2) is 13.3. The number of amides is 1. The molecule has 0 saturated heterocycles. The lowest BCUT2D eigenvalue weighted by Gasteiger charge is -2.45. The number of benzene rings is 1. The predicted octanol–water partition coefficient (Wildman–Crippen LogP) is 5.81. The number of nitrogens with zero attached hydrogens (tertiary/aromatic N) is 7. The summed E-state index contributed by atoms with van der Waals surface area (Å²) in [5.41, 5.74) is 4.36. The van der Waals surface area contributed by atoms with Crippen LogP contribution in [0.1, 0.15) is 66.2 Å². The van der Waals surface area contributed by atoms with Crippen LogP contribution < -0.4 is 14.4 Å². The van der Waals surface area contributed by atoms with Gasteiger partial charge in [-0.15, -0.1) is 4.36 Å². The first kappa shape index (κ1) is 33.8. The number of hydrogen-bond acceptors (Lipinski definition) is 9. The molecule has 5 heterocycles. The van der Waals surface area contributed by atoms with Crippen LogP contribution in [0.5, 0.6) is 5.75 Å². The summed E-state index contributed by atoms with van der Waals surface area (Å²) in [6.07, 6.45) is 13.3. The molecule has 4 aliphatic rings. The molecule has 1 N–H and O–H groups in total. The number of carbonyl (C=O) groups is 1. The molecule has 2 aliphatic heterocycles. The molecule has 1 unspecified atom stereocenters. The molecule has 1 fully saturated rings. The molecule has 268 valence electrons. The second-order valence-electron chi connectivity index (χ2n) is 15.0. The van der Waals surface area contributed by atoms with Crippen molar-refractivity contribution in [1.82, 2.24) is 24.7 Å². The van der Waals surface area contributed by atoms with Gasteiger partial charge in [0.15, 0.2) is 23.0 Å². The van der Waals surface area contributed by atoms with Gasteiger partial charge in [-0.05, 0) is 86.5 Å². The first-order valence-corrected chi connectivity index (χ1v) is 19.7. The van der Waals surface area contributed by atoms with Crippen molar-refractivity contribution in [3.8, 4) is 5.75 Å². The first-order chi connectivity index (χ1) is 24.6. The van der Waals surface area contributed by atoms with E-state index >= 15 is 0 Å². The molecule has 1 saturated carbocycles. The van der Waals surface area contributed by atoms with E-state index in [2.05, 4.69) is 66.3 Å². The van der Waals surface area contributed by atoms with Gasteiger partial charge in [0.25, 0.3) is 0 Å². The molecule has 2 aliphatic carbocycles. The van der Waals surface area contributed by atoms with E-state index in [1.807, 2.05) is 13.0 Å². The zero-order chi connectivity index (χ0) is 35.3. The first-order valence-electron chi connectivity index (χ1n) is 18.0. The van der Waals surface area contributed by atoms with Crippen LogP contribution in [0, 0.1) is 24.7 Å². The summed E-state index contributed by atoms with van der Waals surface area (Å²) in [6.45, 7) is 6.18. The highest BCUT2D eigenvalue weighted by Gasteiger charge is 2.45. The van der Waals surface area contributed by atoms with E-state index in [1.54, 1.807) is 31.1 Å². The third kappa shape index (κ3) is 6.50. The van der Waals surface area contributed by atoms with E-state index in [1.165, 1.54) is 23.0 Å². The van der Waals surface area contributed by atoms with E-state index in [0.29, 0.717) is 53.3 Å². The van der Waals surface area contributed by atoms with E-state index < -0.39 is 15.8 Å². The Labute approximate surface area is 299 Å². The molecule has 51 heavy (non-hydrogen) atoms. The number of aromatic nitrogens is 5. The molecule has 0 radical (unpaired) electrons. The quantitative estimate of drug-likeness (QED) is 0.261. The Kier molecular flexibility index (Phi) is 8.82. The fraction of sp³-hybridized carbons (Fsp3) is 0.500. The smallest absolute Gasteiger partial charge is 0.305 e. The van der Waals surface area contributed by atoms with Crippen LogP contribution in [0.15, 0.2) is 59.4 Å². The molecule has 1 amide bonds. The summed E-state index contributed by atoms with van der Waals surface area (Å²) in [4.78, 5) is 30.0. The van der Waals surface area contributed by atoms with Crippen molar-refractivity contribution in [1.29, 1.82) is 0 Å². The van der Waals surface area contributed by atoms with Crippen molar-refractivity contribution in [2.24, 2.45) is 29.2 Å². The van der Waals surface area contributed by atoms with Crippen molar-refractivity contribution in [2.75, 3.05) is 42.2 Å². The summed E-state index contributed by atoms with van der Waals surface area (Å²) in [5, 5.41) is 4.95. The average Bonchev–Trinajstić information content (AvgIpc) is 3.41. The van der Waals surface area contributed by atoms with Crippen molar-refractivity contribution in [2.45, 2.75) is 63.9 Å². The van der Waals surface area contributed by atoms with Gasteiger partial charge in [0.05, 0.1) is 23.8 Å². The van der Waals surface area contributed by atoms with Gasteiger partial charge in [-0.3, -0.25) is 14.2 Å². The maximum atomic E-state index is 14.8. The lowest BCUT2D eigenvalue weighted by Crippen LogP contribution is -2.49. The molecule has 6 atom stereocenters. The van der Waals surface area contributed by atoms with Crippen LogP contribution in [0.25, 0.3) is 11.0 Å². The van der Waals surface area contributed by atoms with Gasteiger partial charge in [0.2, 0.25) is 0 Å². The standard InChI is InChI=1S/C38H46N8O4S/c1-24-10-13-30-26(17-24)8-6-16-38(30)21-46-18-27-11-12-28(27)32(49-4)9-5-7-25(2)20-51(48,43-35-29-19-45(3)42-34(29)39-23-40-35)44-37(47)31-14-15-33(50-22-38)36(46)41-31/h5,9-10,13-15,17,19,23,25,27-28,32H,6-8,11-12,16,18,20-22H2,1-4H3,(H,39,40,42,43,44,47,48)/b9-5+/t25-,27-,28+,32-,38-,51?/m0/s1. The van der Waals surface area contributed by atoms with E-state index in [0.717, 1.165) is 45.2 Å². The normalized spacial score (nSPS) is 30.0. The van der Waals surface area contributed by atoms with Crippen LogP contribution in [-0.4, -0.2) is 73.5 Å². The average molecular weight is 711 g/mol. The third-order valence-electron chi connectivity index (χ3n) is 11.2. The molecule has 13 heteroatoms. The summed E-state index contributed by atoms with van der Waals surface area (Å²) < 4.78 is 36.6. The Hall–Kier alpha value is -4.36. The number of anilines is 2. The Morgan fingerprint density at radius 3 is 2.86 bits per heavy atom. The number of nitrogens with one attached hydrogen (secondary N) is 1. The summed E-state index contributed by atoms with van der Waals surface area (Å²) in [5.74, 6) is 1.72. The fourth-order valence-corrected chi connectivity index (χ4v) is 10.5. The zero-order valence-corrected chi connectivity index (χ0v) is 30.6. The lowest BCUT2D eigenvalue weighted by molar-refractivity contribution is 0.0131. The number of pyridine rings is 1. The van der Waals surface area contributed by atoms with Crippen molar-refractivity contribution in [3.63, 3.8) is 0 Å².